The first-order valence-corrected chi connectivity index (χ1v) is 1.52. The fourth-order valence-corrected chi connectivity index (χ4v) is 0.118. The number of carboxylic acid groups (broad SMARTS) is 2. The number of carbonyl (C=O) groups is 2. The van der Waals surface area contributed by atoms with E-state index in [1.807, 2.05) is 0 Å². The molecule has 0 spiro atoms. The largest absolute Gasteiger partial charge is 2.00 e. The van der Waals surface area contributed by atoms with Crippen LogP contribution in [0, 0.1) is 0 Å². The number of carbonyl (C=O) groups excluding carboxylic acids is 2. The summed E-state index contributed by atoms with van der Waals surface area (Å²) in [5.74, 6) is -3.25. The van der Waals surface area contributed by atoms with Crippen LogP contribution in [0.5, 0.6) is 0 Å². The molecule has 1 radical (unpaired) electrons. The monoisotopic (exact) mass is 175 g/mol. The molecule has 0 aliphatic heterocycles. The molecular formula is C3H4MnO5. The SMILES string of the molecule is O.O=C([O-])CC(=O)[O-].[Mn+2]. The van der Waals surface area contributed by atoms with Crippen LogP contribution in [0.3, 0.4) is 0 Å². The number of carboxylic acids is 2. The molecule has 0 aromatic heterocycles. The van der Waals surface area contributed by atoms with Crippen LogP contribution in [-0.2, 0) is 26.7 Å². The molecule has 0 aliphatic carbocycles. The second-order valence-corrected chi connectivity index (χ2v) is 0.921. The van der Waals surface area contributed by atoms with Crippen molar-refractivity contribution in [2.24, 2.45) is 0 Å². The molecule has 5 nitrogen and oxygen atoms in total. The first-order chi connectivity index (χ1) is 3.13. The van der Waals surface area contributed by atoms with E-state index in [9.17, 15) is 19.8 Å². The maximum Gasteiger partial charge on any atom is 2.00 e. The van der Waals surface area contributed by atoms with Gasteiger partial charge in [0.05, 0.1) is 0 Å². The second-order valence-electron chi connectivity index (χ2n) is 0.921. The van der Waals surface area contributed by atoms with Crippen LogP contribution in [0.15, 0.2) is 0 Å². The average molecular weight is 175 g/mol. The van der Waals surface area contributed by atoms with Gasteiger partial charge in [-0.1, -0.05) is 0 Å². The number of rotatable bonds is 2. The molecule has 53 valence electrons. The molecule has 0 saturated heterocycles. The van der Waals surface area contributed by atoms with Crippen LogP contribution >= 0.6 is 0 Å². The van der Waals surface area contributed by atoms with E-state index in [2.05, 4.69) is 0 Å². The summed E-state index contributed by atoms with van der Waals surface area (Å²) in [7, 11) is 0. The molecule has 6 heteroatoms. The Morgan fingerprint density at radius 1 is 1.11 bits per heavy atom. The van der Waals surface area contributed by atoms with Crippen molar-refractivity contribution in [3.63, 3.8) is 0 Å². The van der Waals surface area contributed by atoms with Gasteiger partial charge in [0.15, 0.2) is 0 Å². The Kier molecular flexibility index (Phi) is 13.0. The zero-order chi connectivity index (χ0) is 5.86. The molecule has 0 aliphatic rings. The molecule has 0 saturated carbocycles. The van der Waals surface area contributed by atoms with Crippen molar-refractivity contribution in [2.75, 3.05) is 0 Å². The Bertz CT molecular complexity index is 88.4. The first kappa shape index (κ1) is 15.8. The molecule has 0 bridgehead atoms. The van der Waals surface area contributed by atoms with Gasteiger partial charge in [-0.25, -0.2) is 0 Å². The molecule has 0 heterocycles. The Morgan fingerprint density at radius 2 is 1.33 bits per heavy atom. The van der Waals surface area contributed by atoms with Gasteiger partial charge < -0.3 is 25.3 Å². The van der Waals surface area contributed by atoms with E-state index >= 15 is 0 Å². The molecule has 0 aromatic carbocycles. The van der Waals surface area contributed by atoms with E-state index in [1.54, 1.807) is 0 Å². The van der Waals surface area contributed by atoms with Crippen molar-refractivity contribution in [1.82, 2.24) is 0 Å². The van der Waals surface area contributed by atoms with Gasteiger partial charge in [0.25, 0.3) is 0 Å². The van der Waals surface area contributed by atoms with Crippen molar-refractivity contribution in [3.8, 4) is 0 Å². The molecular weight excluding hydrogens is 171 g/mol. The summed E-state index contributed by atoms with van der Waals surface area (Å²) in [6.45, 7) is 0. The average Bonchev–Trinajstić information content (AvgIpc) is 1.27. The summed E-state index contributed by atoms with van der Waals surface area (Å²) >= 11 is 0. The predicted octanol–water partition coefficient (Wildman–Crippen LogP) is -3.95. The molecule has 9 heavy (non-hydrogen) atoms. The predicted molar refractivity (Wildman–Crippen MR) is 18.2 cm³/mol. The third kappa shape index (κ3) is 18.6. The first-order valence-electron chi connectivity index (χ1n) is 1.52. The number of hydrogen-bond donors (Lipinski definition) is 0. The van der Waals surface area contributed by atoms with Gasteiger partial charge in [0.1, 0.15) is 0 Å². The fourth-order valence-electron chi connectivity index (χ4n) is 0.118. The standard InChI is InChI=1S/C3H4O4.Mn.H2O/c4-2(5)1-3(6)7;;/h1H2,(H,4,5)(H,6,7);;1H2/q;+2;/p-2. The van der Waals surface area contributed by atoms with E-state index < -0.39 is 18.4 Å². The van der Waals surface area contributed by atoms with E-state index in [1.165, 1.54) is 0 Å². The summed E-state index contributed by atoms with van der Waals surface area (Å²) in [6, 6.07) is 0. The number of hydrogen-bond acceptors (Lipinski definition) is 4. The van der Waals surface area contributed by atoms with Gasteiger partial charge in [-0.15, -0.1) is 0 Å². The fraction of sp³-hybridized carbons (Fsp3) is 0.333. The van der Waals surface area contributed by atoms with Crippen LogP contribution in [0.2, 0.25) is 0 Å². The van der Waals surface area contributed by atoms with Crippen molar-refractivity contribution in [2.45, 2.75) is 6.42 Å². The van der Waals surface area contributed by atoms with Gasteiger partial charge >= 0.3 is 17.1 Å². The van der Waals surface area contributed by atoms with Crippen molar-refractivity contribution >= 4 is 11.9 Å². The van der Waals surface area contributed by atoms with Crippen LogP contribution in [0.1, 0.15) is 6.42 Å². The zero-order valence-corrected chi connectivity index (χ0v) is 5.40. The minimum atomic E-state index is -1.63. The second kappa shape index (κ2) is 7.42. The zero-order valence-electron chi connectivity index (χ0n) is 4.22. The van der Waals surface area contributed by atoms with Crippen molar-refractivity contribution in [3.05, 3.63) is 0 Å². The quantitative estimate of drug-likeness (QED) is 0.314. The van der Waals surface area contributed by atoms with Crippen LogP contribution in [0.4, 0.5) is 0 Å². The van der Waals surface area contributed by atoms with E-state index in [0.29, 0.717) is 0 Å². The topological polar surface area (TPSA) is 112 Å². The molecule has 0 amide bonds. The molecule has 0 fully saturated rings. The summed E-state index contributed by atoms with van der Waals surface area (Å²) in [5, 5.41) is 18.6. The van der Waals surface area contributed by atoms with E-state index in [-0.39, 0.29) is 22.5 Å². The van der Waals surface area contributed by atoms with Crippen LogP contribution in [-0.4, -0.2) is 17.4 Å². The Labute approximate surface area is 61.5 Å². The molecule has 0 rings (SSSR count). The summed E-state index contributed by atoms with van der Waals surface area (Å²) in [4.78, 5) is 18.6. The van der Waals surface area contributed by atoms with Crippen LogP contribution < -0.4 is 10.2 Å². The van der Waals surface area contributed by atoms with Gasteiger partial charge in [0, 0.05) is 18.4 Å². The van der Waals surface area contributed by atoms with Gasteiger partial charge in [-0.05, 0) is 0 Å². The Morgan fingerprint density at radius 3 is 1.33 bits per heavy atom. The van der Waals surface area contributed by atoms with Crippen molar-refractivity contribution < 1.29 is 42.3 Å². The van der Waals surface area contributed by atoms with Gasteiger partial charge in [-0.3, -0.25) is 0 Å². The molecule has 0 atom stereocenters. The third-order valence-electron chi connectivity index (χ3n) is 0.289. The van der Waals surface area contributed by atoms with Crippen LogP contribution in [0.25, 0.3) is 0 Å². The Hall–Kier alpha value is -0.581. The van der Waals surface area contributed by atoms with Gasteiger partial charge in [0.2, 0.25) is 0 Å². The maximum atomic E-state index is 9.28. The van der Waals surface area contributed by atoms with E-state index in [4.69, 9.17) is 0 Å². The minimum absolute atomic E-state index is 0. The van der Waals surface area contributed by atoms with E-state index in [0.717, 1.165) is 0 Å². The smallest absolute Gasteiger partial charge is 0.550 e. The normalized spacial score (nSPS) is 6.22. The Balaban J connectivity index is -0.000000180. The third-order valence-corrected chi connectivity index (χ3v) is 0.289. The number of aliphatic carboxylic acids is 2. The summed E-state index contributed by atoms with van der Waals surface area (Å²) < 4.78 is 0. The molecule has 0 aromatic rings. The molecule has 2 N–H and O–H groups in total. The molecule has 0 unspecified atom stereocenters. The minimum Gasteiger partial charge on any atom is -0.550 e. The maximum absolute atomic E-state index is 9.28. The van der Waals surface area contributed by atoms with Crippen molar-refractivity contribution in [1.29, 1.82) is 0 Å². The van der Waals surface area contributed by atoms with Gasteiger partial charge in [-0.2, -0.15) is 0 Å². The summed E-state index contributed by atoms with van der Waals surface area (Å²) in [6.07, 6.45) is -1.03. The summed E-state index contributed by atoms with van der Waals surface area (Å²) in [5.41, 5.74) is 0.